The van der Waals surface area contributed by atoms with E-state index in [1.807, 2.05) is 20.0 Å². The number of rotatable bonds is 4. The fraction of sp³-hybridized carbons (Fsp3) is 0.333. The zero-order valence-corrected chi connectivity index (χ0v) is 12.4. The average molecular weight is 273 g/mol. The maximum Gasteiger partial charge on any atom is 0.138 e. The molecule has 1 aromatic heterocycles. The first-order valence-electron chi connectivity index (χ1n) is 6.33. The minimum absolute atomic E-state index is 0.0153. The molecule has 0 radical (unpaired) electrons. The summed E-state index contributed by atoms with van der Waals surface area (Å²) in [6.45, 7) is 6.04. The van der Waals surface area contributed by atoms with E-state index in [-0.39, 0.29) is 6.04 Å². The maximum absolute atomic E-state index is 5.86. The fourth-order valence-corrected chi connectivity index (χ4v) is 2.77. The number of thioether (sulfide) groups is 1. The lowest BCUT2D eigenvalue weighted by Gasteiger charge is -2.09. The molecule has 2 aromatic rings. The van der Waals surface area contributed by atoms with Crippen LogP contribution in [0.5, 0.6) is 0 Å². The van der Waals surface area contributed by atoms with Crippen LogP contribution in [0.1, 0.15) is 35.6 Å². The molecule has 0 aliphatic rings. The fourth-order valence-electron chi connectivity index (χ4n) is 1.89. The van der Waals surface area contributed by atoms with Crippen molar-refractivity contribution in [3.05, 3.63) is 53.1 Å². The van der Waals surface area contributed by atoms with Gasteiger partial charge in [-0.2, -0.15) is 0 Å². The summed E-state index contributed by atoms with van der Waals surface area (Å²) in [5, 5.41) is 0. The highest BCUT2D eigenvalue weighted by Gasteiger charge is 2.07. The Labute approximate surface area is 118 Å². The van der Waals surface area contributed by atoms with Crippen molar-refractivity contribution in [2.75, 3.05) is 0 Å². The van der Waals surface area contributed by atoms with Gasteiger partial charge in [-0.3, -0.25) is 0 Å². The highest BCUT2D eigenvalue weighted by atomic mass is 32.2. The number of hydrogen-bond donors (Lipinski definition) is 1. The van der Waals surface area contributed by atoms with Gasteiger partial charge >= 0.3 is 0 Å². The standard InChI is InChI=1S/C15H19N3S/c1-10-5-4-6-13(7-10)19-9-15-17-8-14(11(2)16)12(3)18-15/h4-8,11H,9,16H2,1-3H3/t11-/m1/s1. The topological polar surface area (TPSA) is 51.8 Å². The maximum atomic E-state index is 5.86. The zero-order chi connectivity index (χ0) is 13.8. The molecule has 0 amide bonds. The highest BCUT2D eigenvalue weighted by Crippen LogP contribution is 2.22. The molecule has 0 unspecified atom stereocenters. The molecule has 1 aromatic carbocycles. The van der Waals surface area contributed by atoms with Crippen molar-refractivity contribution < 1.29 is 0 Å². The van der Waals surface area contributed by atoms with Crippen molar-refractivity contribution in [2.24, 2.45) is 5.73 Å². The second kappa shape index (κ2) is 6.17. The number of nitrogens with two attached hydrogens (primary N) is 1. The number of nitrogens with zero attached hydrogens (tertiary/aromatic N) is 2. The smallest absolute Gasteiger partial charge is 0.138 e. The third-order valence-corrected chi connectivity index (χ3v) is 3.91. The van der Waals surface area contributed by atoms with Crippen molar-refractivity contribution >= 4 is 11.8 Å². The van der Waals surface area contributed by atoms with E-state index in [1.165, 1.54) is 10.5 Å². The minimum atomic E-state index is -0.0153. The summed E-state index contributed by atoms with van der Waals surface area (Å²) in [5.41, 5.74) is 9.13. The molecular formula is C15H19N3S. The molecule has 2 rings (SSSR count). The van der Waals surface area contributed by atoms with Gasteiger partial charge < -0.3 is 5.73 Å². The molecule has 0 saturated carbocycles. The van der Waals surface area contributed by atoms with Gasteiger partial charge in [0.1, 0.15) is 5.82 Å². The van der Waals surface area contributed by atoms with Gasteiger partial charge in [-0.1, -0.05) is 17.7 Å². The summed E-state index contributed by atoms with van der Waals surface area (Å²) in [6, 6.07) is 8.44. The Morgan fingerprint density at radius 1 is 1.32 bits per heavy atom. The van der Waals surface area contributed by atoms with Gasteiger partial charge in [0.05, 0.1) is 5.75 Å². The quantitative estimate of drug-likeness (QED) is 0.867. The number of hydrogen-bond acceptors (Lipinski definition) is 4. The summed E-state index contributed by atoms with van der Waals surface area (Å²) in [5.74, 6) is 1.64. The van der Waals surface area contributed by atoms with Crippen molar-refractivity contribution in [3.63, 3.8) is 0 Å². The molecule has 100 valence electrons. The van der Waals surface area contributed by atoms with Crippen LogP contribution in [0.4, 0.5) is 0 Å². The first kappa shape index (κ1) is 14.0. The van der Waals surface area contributed by atoms with E-state index >= 15 is 0 Å². The van der Waals surface area contributed by atoms with Crippen LogP contribution >= 0.6 is 11.8 Å². The van der Waals surface area contributed by atoms with E-state index in [2.05, 4.69) is 41.2 Å². The first-order valence-corrected chi connectivity index (χ1v) is 7.32. The monoisotopic (exact) mass is 273 g/mol. The average Bonchev–Trinajstić information content (AvgIpc) is 2.36. The number of benzene rings is 1. The van der Waals surface area contributed by atoms with Crippen LogP contribution in [-0.2, 0) is 5.75 Å². The van der Waals surface area contributed by atoms with E-state index in [9.17, 15) is 0 Å². The number of aromatic nitrogens is 2. The van der Waals surface area contributed by atoms with Crippen molar-refractivity contribution in [3.8, 4) is 0 Å². The molecule has 2 N–H and O–H groups in total. The lowest BCUT2D eigenvalue weighted by atomic mass is 10.1. The number of aryl methyl sites for hydroxylation is 2. The SMILES string of the molecule is Cc1cccc(SCc2ncc([C@@H](C)N)c(C)n2)c1. The predicted octanol–water partition coefficient (Wildman–Crippen LogP) is 3.41. The second-order valence-electron chi connectivity index (χ2n) is 4.72. The van der Waals surface area contributed by atoms with E-state index in [4.69, 9.17) is 5.73 Å². The normalized spacial score (nSPS) is 12.4. The Morgan fingerprint density at radius 2 is 2.11 bits per heavy atom. The van der Waals surface area contributed by atoms with Gasteiger partial charge in [0, 0.05) is 28.4 Å². The predicted molar refractivity (Wildman–Crippen MR) is 80.1 cm³/mol. The molecular weight excluding hydrogens is 254 g/mol. The molecule has 0 spiro atoms. The molecule has 4 heteroatoms. The van der Waals surface area contributed by atoms with E-state index in [0.717, 1.165) is 22.8 Å². The summed E-state index contributed by atoms with van der Waals surface area (Å²) in [6.07, 6.45) is 1.85. The summed E-state index contributed by atoms with van der Waals surface area (Å²) < 4.78 is 0. The summed E-state index contributed by atoms with van der Waals surface area (Å²) in [7, 11) is 0. The van der Waals surface area contributed by atoms with Crippen molar-refractivity contribution in [1.29, 1.82) is 0 Å². The van der Waals surface area contributed by atoms with Crippen LogP contribution in [-0.4, -0.2) is 9.97 Å². The second-order valence-corrected chi connectivity index (χ2v) is 5.77. The van der Waals surface area contributed by atoms with Gasteiger partial charge in [0.15, 0.2) is 0 Å². The van der Waals surface area contributed by atoms with Crippen LogP contribution in [0, 0.1) is 13.8 Å². The molecule has 0 saturated heterocycles. The third kappa shape index (κ3) is 3.78. The molecule has 1 atom stereocenters. The Kier molecular flexibility index (Phi) is 4.56. The molecule has 1 heterocycles. The van der Waals surface area contributed by atoms with Crippen molar-refractivity contribution in [2.45, 2.75) is 37.5 Å². The molecule has 19 heavy (non-hydrogen) atoms. The first-order chi connectivity index (χ1) is 9.06. The molecule has 0 aliphatic heterocycles. The van der Waals surface area contributed by atoms with E-state index < -0.39 is 0 Å². The van der Waals surface area contributed by atoms with Gasteiger partial charge in [-0.25, -0.2) is 9.97 Å². The molecule has 0 aliphatic carbocycles. The van der Waals surface area contributed by atoms with Gasteiger partial charge in [0.25, 0.3) is 0 Å². The summed E-state index contributed by atoms with van der Waals surface area (Å²) >= 11 is 1.75. The highest BCUT2D eigenvalue weighted by molar-refractivity contribution is 7.98. The van der Waals surface area contributed by atoms with Crippen LogP contribution < -0.4 is 5.73 Å². The van der Waals surface area contributed by atoms with Crippen molar-refractivity contribution in [1.82, 2.24) is 9.97 Å². The van der Waals surface area contributed by atoms with E-state index in [1.54, 1.807) is 11.8 Å². The van der Waals surface area contributed by atoms with Crippen LogP contribution in [0.2, 0.25) is 0 Å². The Balaban J connectivity index is 2.06. The minimum Gasteiger partial charge on any atom is -0.324 e. The van der Waals surface area contributed by atoms with E-state index in [0.29, 0.717) is 0 Å². The van der Waals surface area contributed by atoms with Gasteiger partial charge in [0.2, 0.25) is 0 Å². The van der Waals surface area contributed by atoms with Gasteiger partial charge in [-0.05, 0) is 32.9 Å². The third-order valence-electron chi connectivity index (χ3n) is 2.92. The lowest BCUT2D eigenvalue weighted by molar-refractivity contribution is 0.781. The van der Waals surface area contributed by atoms with Crippen LogP contribution in [0.15, 0.2) is 35.4 Å². The Morgan fingerprint density at radius 3 is 2.74 bits per heavy atom. The zero-order valence-electron chi connectivity index (χ0n) is 11.6. The largest absolute Gasteiger partial charge is 0.324 e. The Hall–Kier alpha value is -1.39. The summed E-state index contributed by atoms with van der Waals surface area (Å²) in [4.78, 5) is 10.2. The van der Waals surface area contributed by atoms with Crippen LogP contribution in [0.25, 0.3) is 0 Å². The lowest BCUT2D eigenvalue weighted by Crippen LogP contribution is -2.10. The molecule has 3 nitrogen and oxygen atoms in total. The van der Waals surface area contributed by atoms with Gasteiger partial charge in [-0.15, -0.1) is 11.8 Å². The molecule has 0 bridgehead atoms. The molecule has 0 fully saturated rings. The Bertz CT molecular complexity index is 567. The van der Waals surface area contributed by atoms with Crippen LogP contribution in [0.3, 0.4) is 0 Å².